The maximum absolute atomic E-state index is 12.1. The van der Waals surface area contributed by atoms with E-state index in [-0.39, 0.29) is 30.8 Å². The fourth-order valence-corrected chi connectivity index (χ4v) is 2.55. The third kappa shape index (κ3) is 5.42. The van der Waals surface area contributed by atoms with Crippen molar-refractivity contribution < 1.29 is 14.4 Å². The summed E-state index contributed by atoms with van der Waals surface area (Å²) in [7, 11) is 0. The van der Waals surface area contributed by atoms with Gasteiger partial charge in [0.05, 0.1) is 0 Å². The van der Waals surface area contributed by atoms with Crippen molar-refractivity contribution in [2.45, 2.75) is 13.3 Å². The van der Waals surface area contributed by atoms with E-state index in [0.717, 1.165) is 0 Å². The van der Waals surface area contributed by atoms with Crippen molar-refractivity contribution in [3.8, 4) is 0 Å². The monoisotopic (exact) mass is 352 g/mol. The molecule has 0 aromatic heterocycles. The fraction of sp³-hybridized carbons (Fsp3) is 0.438. The van der Waals surface area contributed by atoms with Gasteiger partial charge >= 0.3 is 6.03 Å². The molecule has 1 aliphatic rings. The molecule has 1 aliphatic heterocycles. The van der Waals surface area contributed by atoms with E-state index in [1.807, 2.05) is 0 Å². The standard InChI is InChI=1S/C16H21ClN4O3/c1-12(22)20-8-10-21(11-9-20)15(23)6-7-18-16(24)19-14-4-2-13(17)3-5-14/h2-5H,6-11H2,1H3,(H2,18,19,24). The highest BCUT2D eigenvalue weighted by atomic mass is 35.5. The molecule has 0 atom stereocenters. The largest absolute Gasteiger partial charge is 0.339 e. The van der Waals surface area contributed by atoms with Crippen LogP contribution in [0.2, 0.25) is 5.02 Å². The average Bonchev–Trinajstić information content (AvgIpc) is 2.57. The first-order valence-electron chi connectivity index (χ1n) is 7.79. The van der Waals surface area contributed by atoms with Gasteiger partial charge in [-0.3, -0.25) is 9.59 Å². The lowest BCUT2D eigenvalue weighted by atomic mass is 10.2. The van der Waals surface area contributed by atoms with Crippen LogP contribution in [-0.2, 0) is 9.59 Å². The number of benzene rings is 1. The summed E-state index contributed by atoms with van der Waals surface area (Å²) in [6, 6.07) is 6.39. The van der Waals surface area contributed by atoms with Gasteiger partial charge < -0.3 is 20.4 Å². The summed E-state index contributed by atoms with van der Waals surface area (Å²) in [6.07, 6.45) is 0.230. The van der Waals surface area contributed by atoms with E-state index in [0.29, 0.717) is 36.9 Å². The summed E-state index contributed by atoms with van der Waals surface area (Å²) < 4.78 is 0. The Labute approximate surface area is 145 Å². The van der Waals surface area contributed by atoms with Gasteiger partial charge in [-0.05, 0) is 24.3 Å². The van der Waals surface area contributed by atoms with Gasteiger partial charge in [-0.2, -0.15) is 0 Å². The zero-order valence-electron chi connectivity index (χ0n) is 13.5. The molecule has 1 saturated heterocycles. The van der Waals surface area contributed by atoms with Crippen LogP contribution in [0.4, 0.5) is 10.5 Å². The fourth-order valence-electron chi connectivity index (χ4n) is 2.42. The van der Waals surface area contributed by atoms with Crippen molar-refractivity contribution in [1.82, 2.24) is 15.1 Å². The number of urea groups is 1. The van der Waals surface area contributed by atoms with Gasteiger partial charge in [0, 0.05) is 56.8 Å². The molecule has 0 saturated carbocycles. The number of halogens is 1. The number of carbonyl (C=O) groups excluding carboxylic acids is 3. The van der Waals surface area contributed by atoms with Gasteiger partial charge in [0.1, 0.15) is 0 Å². The third-order valence-electron chi connectivity index (χ3n) is 3.80. The van der Waals surface area contributed by atoms with Gasteiger partial charge in [-0.1, -0.05) is 11.6 Å². The molecule has 2 rings (SSSR count). The van der Waals surface area contributed by atoms with Crippen molar-refractivity contribution >= 4 is 35.1 Å². The van der Waals surface area contributed by atoms with E-state index in [1.165, 1.54) is 6.92 Å². The Hall–Kier alpha value is -2.28. The Morgan fingerprint density at radius 1 is 1.04 bits per heavy atom. The highest BCUT2D eigenvalue weighted by Crippen LogP contribution is 2.13. The first kappa shape index (κ1) is 18.1. The van der Waals surface area contributed by atoms with E-state index in [9.17, 15) is 14.4 Å². The molecular weight excluding hydrogens is 332 g/mol. The summed E-state index contributed by atoms with van der Waals surface area (Å²) in [5.41, 5.74) is 0.628. The minimum absolute atomic E-state index is 0.0232. The first-order valence-corrected chi connectivity index (χ1v) is 8.17. The molecule has 1 fully saturated rings. The van der Waals surface area contributed by atoms with E-state index in [4.69, 9.17) is 11.6 Å². The first-order chi connectivity index (χ1) is 11.5. The predicted molar refractivity (Wildman–Crippen MR) is 91.9 cm³/mol. The van der Waals surface area contributed by atoms with Crippen LogP contribution in [0.5, 0.6) is 0 Å². The third-order valence-corrected chi connectivity index (χ3v) is 4.06. The van der Waals surface area contributed by atoms with Gasteiger partial charge in [0.15, 0.2) is 0 Å². The van der Waals surface area contributed by atoms with Gasteiger partial charge in [0.25, 0.3) is 0 Å². The number of hydrogen-bond donors (Lipinski definition) is 2. The minimum atomic E-state index is -0.369. The summed E-state index contributed by atoms with van der Waals surface area (Å²) in [6.45, 7) is 3.98. The number of hydrogen-bond acceptors (Lipinski definition) is 3. The number of nitrogens with zero attached hydrogens (tertiary/aromatic N) is 2. The van der Waals surface area contributed by atoms with Crippen molar-refractivity contribution in [2.75, 3.05) is 38.0 Å². The molecule has 0 bridgehead atoms. The summed E-state index contributed by atoms with van der Waals surface area (Å²) in [4.78, 5) is 38.5. The van der Waals surface area contributed by atoms with Gasteiger partial charge in [0.2, 0.25) is 11.8 Å². The number of carbonyl (C=O) groups is 3. The van der Waals surface area contributed by atoms with Crippen molar-refractivity contribution in [2.24, 2.45) is 0 Å². The molecule has 24 heavy (non-hydrogen) atoms. The number of piperazine rings is 1. The maximum atomic E-state index is 12.1. The number of nitrogens with one attached hydrogen (secondary N) is 2. The normalized spacial score (nSPS) is 14.2. The number of anilines is 1. The predicted octanol–water partition coefficient (Wildman–Crippen LogP) is 1.54. The lowest BCUT2D eigenvalue weighted by Gasteiger charge is -2.34. The van der Waals surface area contributed by atoms with E-state index < -0.39 is 0 Å². The molecule has 130 valence electrons. The van der Waals surface area contributed by atoms with E-state index >= 15 is 0 Å². The Morgan fingerprint density at radius 3 is 2.21 bits per heavy atom. The van der Waals surface area contributed by atoms with Crippen molar-refractivity contribution in [1.29, 1.82) is 0 Å². The minimum Gasteiger partial charge on any atom is -0.339 e. The van der Waals surface area contributed by atoms with Crippen LogP contribution in [0, 0.1) is 0 Å². The molecular formula is C16H21ClN4O3. The molecule has 7 nitrogen and oxygen atoms in total. The van der Waals surface area contributed by atoms with Gasteiger partial charge in [-0.15, -0.1) is 0 Å². The van der Waals surface area contributed by atoms with Gasteiger partial charge in [-0.25, -0.2) is 4.79 Å². The number of amides is 4. The van der Waals surface area contributed by atoms with Crippen LogP contribution in [0.3, 0.4) is 0 Å². The second-order valence-electron chi connectivity index (χ2n) is 5.52. The zero-order chi connectivity index (χ0) is 17.5. The number of rotatable bonds is 4. The molecule has 1 heterocycles. The Balaban J connectivity index is 1.66. The lowest BCUT2D eigenvalue weighted by molar-refractivity contribution is -0.138. The summed E-state index contributed by atoms with van der Waals surface area (Å²) in [5.74, 6) is 0.00707. The lowest BCUT2D eigenvalue weighted by Crippen LogP contribution is -2.50. The zero-order valence-corrected chi connectivity index (χ0v) is 14.3. The average molecular weight is 353 g/mol. The smallest absolute Gasteiger partial charge is 0.319 e. The molecule has 2 N–H and O–H groups in total. The maximum Gasteiger partial charge on any atom is 0.319 e. The summed E-state index contributed by atoms with van der Waals surface area (Å²) >= 11 is 5.77. The molecule has 4 amide bonds. The molecule has 0 radical (unpaired) electrons. The quantitative estimate of drug-likeness (QED) is 0.862. The molecule has 0 spiro atoms. The van der Waals surface area contributed by atoms with Crippen LogP contribution in [-0.4, -0.2) is 60.4 Å². The molecule has 0 aliphatic carbocycles. The summed E-state index contributed by atoms with van der Waals surface area (Å²) in [5, 5.41) is 5.90. The Kier molecular flexibility index (Phi) is 6.43. The molecule has 1 aromatic rings. The van der Waals surface area contributed by atoms with E-state index in [1.54, 1.807) is 34.1 Å². The van der Waals surface area contributed by atoms with Crippen LogP contribution in [0.15, 0.2) is 24.3 Å². The second kappa shape index (κ2) is 8.54. The van der Waals surface area contributed by atoms with Crippen molar-refractivity contribution in [3.63, 3.8) is 0 Å². The van der Waals surface area contributed by atoms with Crippen LogP contribution in [0.1, 0.15) is 13.3 Å². The highest BCUT2D eigenvalue weighted by Gasteiger charge is 2.21. The van der Waals surface area contributed by atoms with E-state index in [2.05, 4.69) is 10.6 Å². The molecule has 8 heteroatoms. The Bertz CT molecular complexity index is 598. The second-order valence-corrected chi connectivity index (χ2v) is 5.96. The highest BCUT2D eigenvalue weighted by molar-refractivity contribution is 6.30. The topological polar surface area (TPSA) is 81.8 Å². The molecule has 0 unspecified atom stereocenters. The van der Waals surface area contributed by atoms with Crippen LogP contribution < -0.4 is 10.6 Å². The SMILES string of the molecule is CC(=O)N1CCN(C(=O)CCNC(=O)Nc2ccc(Cl)cc2)CC1. The van der Waals surface area contributed by atoms with Crippen molar-refractivity contribution in [3.05, 3.63) is 29.3 Å². The Morgan fingerprint density at radius 2 is 1.62 bits per heavy atom. The van der Waals surface area contributed by atoms with Crippen LogP contribution >= 0.6 is 11.6 Å². The molecule has 1 aromatic carbocycles. The van der Waals surface area contributed by atoms with Crippen LogP contribution in [0.25, 0.3) is 0 Å².